The van der Waals surface area contributed by atoms with Crippen LogP contribution in [0.5, 0.6) is 0 Å². The van der Waals surface area contributed by atoms with E-state index in [0.29, 0.717) is 6.04 Å². The number of hydrogen-bond donors (Lipinski definition) is 2. The zero-order valence-electron chi connectivity index (χ0n) is 11.2. The van der Waals surface area contributed by atoms with Gasteiger partial charge in [0.1, 0.15) is 0 Å². The van der Waals surface area contributed by atoms with Crippen molar-refractivity contribution in [3.63, 3.8) is 0 Å². The fourth-order valence-electron chi connectivity index (χ4n) is 3.04. The van der Waals surface area contributed by atoms with Crippen LogP contribution < -0.4 is 10.6 Å². The van der Waals surface area contributed by atoms with E-state index in [1.165, 1.54) is 12.8 Å². The minimum atomic E-state index is 0.210. The lowest BCUT2D eigenvalue weighted by Gasteiger charge is -2.46. The zero-order valence-corrected chi connectivity index (χ0v) is 12.0. The van der Waals surface area contributed by atoms with Crippen molar-refractivity contribution >= 4 is 11.3 Å². The quantitative estimate of drug-likeness (QED) is 0.869. The highest BCUT2D eigenvalue weighted by atomic mass is 32.1. The normalized spacial score (nSPS) is 23.8. The van der Waals surface area contributed by atoms with Crippen LogP contribution in [0.2, 0.25) is 0 Å². The molecule has 0 bridgehead atoms. The monoisotopic (exact) mass is 253 g/mol. The summed E-state index contributed by atoms with van der Waals surface area (Å²) in [6.07, 6.45) is 2.33. The average molecular weight is 253 g/mol. The highest BCUT2D eigenvalue weighted by Gasteiger charge is 2.37. The Morgan fingerprint density at radius 3 is 2.53 bits per heavy atom. The molecule has 2 N–H and O–H groups in total. The van der Waals surface area contributed by atoms with E-state index in [0.717, 1.165) is 12.2 Å². The Bertz CT molecular complexity index is 341. The summed E-state index contributed by atoms with van der Waals surface area (Å²) in [5, 5.41) is 9.46. The van der Waals surface area contributed by atoms with E-state index in [2.05, 4.69) is 48.7 Å². The first-order chi connectivity index (χ1) is 7.86. The summed E-state index contributed by atoms with van der Waals surface area (Å²) in [6.45, 7) is 10.0. The molecule has 2 heterocycles. The molecule has 0 unspecified atom stereocenters. The second-order valence-corrected chi connectivity index (χ2v) is 7.08. The molecule has 1 aromatic rings. The van der Waals surface area contributed by atoms with Crippen molar-refractivity contribution in [1.29, 1.82) is 0 Å². The van der Waals surface area contributed by atoms with Crippen LogP contribution in [-0.4, -0.2) is 22.1 Å². The number of rotatable bonds is 3. The number of nitrogens with one attached hydrogen (secondary N) is 2. The Balaban J connectivity index is 1.92. The fraction of sp³-hybridized carbons (Fsp3) is 0.769. The summed E-state index contributed by atoms with van der Waals surface area (Å²) in [4.78, 5) is 4.31. The molecule has 17 heavy (non-hydrogen) atoms. The lowest BCUT2D eigenvalue weighted by molar-refractivity contribution is 0.145. The lowest BCUT2D eigenvalue weighted by atomic mass is 9.79. The van der Waals surface area contributed by atoms with Gasteiger partial charge in [0.2, 0.25) is 0 Å². The molecule has 1 aliphatic rings. The molecule has 0 aromatic carbocycles. The second kappa shape index (κ2) is 4.67. The molecule has 1 fully saturated rings. The van der Waals surface area contributed by atoms with E-state index >= 15 is 0 Å². The van der Waals surface area contributed by atoms with Crippen LogP contribution in [0.3, 0.4) is 0 Å². The van der Waals surface area contributed by atoms with Gasteiger partial charge in [-0.15, -0.1) is 11.3 Å². The molecule has 3 nitrogen and oxygen atoms in total. The predicted molar refractivity (Wildman–Crippen MR) is 73.3 cm³/mol. The maximum atomic E-state index is 4.31. The van der Waals surface area contributed by atoms with Crippen molar-refractivity contribution in [3.8, 4) is 0 Å². The third-order valence-electron chi connectivity index (χ3n) is 3.25. The zero-order chi connectivity index (χ0) is 12.5. The highest BCUT2D eigenvalue weighted by molar-refractivity contribution is 7.07. The number of piperidine rings is 1. The van der Waals surface area contributed by atoms with Crippen LogP contribution in [0, 0.1) is 0 Å². The third-order valence-corrected chi connectivity index (χ3v) is 3.88. The molecule has 0 spiro atoms. The van der Waals surface area contributed by atoms with Crippen molar-refractivity contribution in [3.05, 3.63) is 16.6 Å². The van der Waals surface area contributed by atoms with Crippen LogP contribution in [0.1, 0.15) is 46.2 Å². The molecular formula is C13H23N3S. The van der Waals surface area contributed by atoms with Gasteiger partial charge in [-0.25, -0.2) is 4.98 Å². The minimum absolute atomic E-state index is 0.210. The van der Waals surface area contributed by atoms with Crippen molar-refractivity contribution in [1.82, 2.24) is 15.6 Å². The average Bonchev–Trinajstić information content (AvgIpc) is 2.61. The Labute approximate surface area is 108 Å². The first-order valence-corrected chi connectivity index (χ1v) is 7.20. The summed E-state index contributed by atoms with van der Waals surface area (Å²) in [7, 11) is 0. The van der Waals surface area contributed by atoms with E-state index < -0.39 is 0 Å². The number of thiazole rings is 1. The SMILES string of the molecule is CC1(C)CC(NCc2cscn2)CC(C)(C)N1. The van der Waals surface area contributed by atoms with Crippen LogP contribution in [0.15, 0.2) is 10.9 Å². The summed E-state index contributed by atoms with van der Waals surface area (Å²) in [5.41, 5.74) is 3.47. The summed E-state index contributed by atoms with van der Waals surface area (Å²) in [5.74, 6) is 0. The number of nitrogens with zero attached hydrogens (tertiary/aromatic N) is 1. The van der Waals surface area contributed by atoms with Gasteiger partial charge in [-0.2, -0.15) is 0 Å². The molecule has 1 aromatic heterocycles. The van der Waals surface area contributed by atoms with Gasteiger partial charge in [0.15, 0.2) is 0 Å². The smallest absolute Gasteiger partial charge is 0.0795 e. The highest BCUT2D eigenvalue weighted by Crippen LogP contribution is 2.28. The van der Waals surface area contributed by atoms with Gasteiger partial charge in [-0.05, 0) is 40.5 Å². The lowest BCUT2D eigenvalue weighted by Crippen LogP contribution is -2.61. The molecule has 2 rings (SSSR count). The maximum Gasteiger partial charge on any atom is 0.0795 e. The molecule has 0 atom stereocenters. The summed E-state index contributed by atoms with van der Waals surface area (Å²) < 4.78 is 0. The van der Waals surface area contributed by atoms with Gasteiger partial charge < -0.3 is 10.6 Å². The molecule has 1 saturated heterocycles. The fourth-order valence-corrected chi connectivity index (χ4v) is 3.60. The van der Waals surface area contributed by atoms with Crippen molar-refractivity contribution in [2.24, 2.45) is 0 Å². The predicted octanol–water partition coefficient (Wildman–Crippen LogP) is 2.54. The number of aromatic nitrogens is 1. The van der Waals surface area contributed by atoms with E-state index in [9.17, 15) is 0 Å². The second-order valence-electron chi connectivity index (χ2n) is 6.36. The molecule has 0 saturated carbocycles. The van der Waals surface area contributed by atoms with Gasteiger partial charge in [-0.1, -0.05) is 0 Å². The van der Waals surface area contributed by atoms with Crippen LogP contribution in [-0.2, 0) is 6.54 Å². The first-order valence-electron chi connectivity index (χ1n) is 6.26. The van der Waals surface area contributed by atoms with Crippen molar-refractivity contribution in [2.75, 3.05) is 0 Å². The Kier molecular flexibility index (Phi) is 3.57. The molecule has 0 amide bonds. The van der Waals surface area contributed by atoms with Gasteiger partial charge in [-0.3, -0.25) is 0 Å². The van der Waals surface area contributed by atoms with Crippen molar-refractivity contribution < 1.29 is 0 Å². The molecule has 4 heteroatoms. The van der Waals surface area contributed by atoms with Gasteiger partial charge >= 0.3 is 0 Å². The van der Waals surface area contributed by atoms with Crippen molar-refractivity contribution in [2.45, 2.75) is 64.2 Å². The summed E-state index contributed by atoms with van der Waals surface area (Å²) >= 11 is 1.66. The molecular weight excluding hydrogens is 230 g/mol. The topological polar surface area (TPSA) is 37.0 Å². The first kappa shape index (κ1) is 13.0. The Morgan fingerprint density at radius 1 is 1.35 bits per heavy atom. The molecule has 96 valence electrons. The van der Waals surface area contributed by atoms with Crippen LogP contribution >= 0.6 is 11.3 Å². The summed E-state index contributed by atoms with van der Waals surface area (Å²) in [6, 6.07) is 0.572. The number of hydrogen-bond acceptors (Lipinski definition) is 4. The molecule has 1 aliphatic heterocycles. The Morgan fingerprint density at radius 2 is 2.00 bits per heavy atom. The van der Waals surface area contributed by atoms with Crippen LogP contribution in [0.25, 0.3) is 0 Å². The van der Waals surface area contributed by atoms with E-state index in [1.807, 2.05) is 5.51 Å². The van der Waals surface area contributed by atoms with Crippen LogP contribution in [0.4, 0.5) is 0 Å². The van der Waals surface area contributed by atoms with Gasteiger partial charge in [0, 0.05) is 29.0 Å². The standard InChI is InChI=1S/C13H23N3S/c1-12(2)5-10(6-13(3,4)16-12)14-7-11-8-17-9-15-11/h8-10,14,16H,5-7H2,1-4H3. The molecule has 0 aliphatic carbocycles. The van der Waals surface area contributed by atoms with E-state index in [4.69, 9.17) is 0 Å². The van der Waals surface area contributed by atoms with Gasteiger partial charge in [0.05, 0.1) is 11.2 Å². The van der Waals surface area contributed by atoms with Gasteiger partial charge in [0.25, 0.3) is 0 Å². The minimum Gasteiger partial charge on any atom is -0.308 e. The van der Waals surface area contributed by atoms with E-state index in [-0.39, 0.29) is 11.1 Å². The Hall–Kier alpha value is -0.450. The largest absolute Gasteiger partial charge is 0.308 e. The molecule has 0 radical (unpaired) electrons. The maximum absolute atomic E-state index is 4.31. The third kappa shape index (κ3) is 3.76. The van der Waals surface area contributed by atoms with E-state index in [1.54, 1.807) is 11.3 Å².